The van der Waals surface area contributed by atoms with Crippen LogP contribution in [0.1, 0.15) is 43.0 Å². The van der Waals surface area contributed by atoms with E-state index in [1.165, 1.54) is 6.42 Å². The molecule has 0 spiro atoms. The highest BCUT2D eigenvalue weighted by Crippen LogP contribution is 2.25. The third-order valence-corrected chi connectivity index (χ3v) is 4.38. The summed E-state index contributed by atoms with van der Waals surface area (Å²) in [7, 11) is 0. The quantitative estimate of drug-likeness (QED) is 0.739. The van der Waals surface area contributed by atoms with Gasteiger partial charge in [-0.05, 0) is 43.9 Å². The topological polar surface area (TPSA) is 20.3 Å². The first-order chi connectivity index (χ1) is 8.61. The number of rotatable bonds is 2. The smallest absolute Gasteiger partial charge is 0.254 e. The van der Waals surface area contributed by atoms with Gasteiger partial charge in [-0.1, -0.05) is 38.8 Å². The van der Waals surface area contributed by atoms with Crippen molar-refractivity contribution in [2.24, 2.45) is 0 Å². The van der Waals surface area contributed by atoms with Gasteiger partial charge in [0.05, 0.1) is 0 Å². The van der Waals surface area contributed by atoms with E-state index in [1.807, 2.05) is 23.1 Å². The van der Waals surface area contributed by atoms with Crippen LogP contribution in [0.2, 0.25) is 0 Å². The summed E-state index contributed by atoms with van der Waals surface area (Å²) >= 11 is 6.87. The second-order valence-electron chi connectivity index (χ2n) is 4.71. The summed E-state index contributed by atoms with van der Waals surface area (Å²) in [5, 5.41) is 0. The number of hydrogen-bond acceptors (Lipinski definition) is 1. The summed E-state index contributed by atoms with van der Waals surface area (Å²) in [6.45, 7) is 3.05. The van der Waals surface area contributed by atoms with Crippen LogP contribution in [-0.2, 0) is 0 Å². The molecule has 1 amide bonds. The largest absolute Gasteiger partial charge is 0.336 e. The van der Waals surface area contributed by atoms with Crippen LogP contribution in [0.5, 0.6) is 0 Å². The number of nitrogens with zero attached hydrogens (tertiary/aromatic N) is 1. The van der Waals surface area contributed by atoms with E-state index in [4.69, 9.17) is 0 Å². The van der Waals surface area contributed by atoms with Gasteiger partial charge in [-0.15, -0.1) is 0 Å². The van der Waals surface area contributed by atoms with Gasteiger partial charge in [-0.25, -0.2) is 0 Å². The number of hydrogen-bond donors (Lipinski definition) is 0. The van der Waals surface area contributed by atoms with Crippen LogP contribution >= 0.6 is 31.9 Å². The van der Waals surface area contributed by atoms with Crippen molar-refractivity contribution in [3.8, 4) is 0 Å². The van der Waals surface area contributed by atoms with Crippen LogP contribution in [0, 0.1) is 0 Å². The van der Waals surface area contributed by atoms with Gasteiger partial charge in [-0.2, -0.15) is 0 Å². The van der Waals surface area contributed by atoms with Crippen molar-refractivity contribution in [1.82, 2.24) is 4.90 Å². The van der Waals surface area contributed by atoms with Gasteiger partial charge in [0, 0.05) is 27.1 Å². The second kappa shape index (κ2) is 6.20. The molecule has 2 rings (SSSR count). The maximum atomic E-state index is 12.6. The Kier molecular flexibility index (Phi) is 4.84. The summed E-state index contributed by atoms with van der Waals surface area (Å²) in [5.41, 5.74) is 0.761. The zero-order chi connectivity index (χ0) is 13.1. The Hall–Kier alpha value is -0.350. The molecule has 0 aromatic heterocycles. The molecule has 1 fully saturated rings. The molecule has 0 aliphatic carbocycles. The molecule has 1 aliphatic heterocycles. The fourth-order valence-electron chi connectivity index (χ4n) is 2.54. The Morgan fingerprint density at radius 2 is 1.94 bits per heavy atom. The minimum atomic E-state index is 0.156. The van der Waals surface area contributed by atoms with E-state index in [-0.39, 0.29) is 5.91 Å². The Morgan fingerprint density at radius 1 is 1.28 bits per heavy atom. The lowest BCUT2D eigenvalue weighted by Crippen LogP contribution is -2.43. The molecule has 1 aliphatic rings. The average molecular weight is 375 g/mol. The minimum absolute atomic E-state index is 0.156. The Bertz CT molecular complexity index is 427. The molecule has 1 saturated heterocycles. The molecule has 98 valence electrons. The van der Waals surface area contributed by atoms with Crippen LogP contribution in [0.4, 0.5) is 0 Å². The average Bonchev–Trinajstić information content (AvgIpc) is 2.36. The molecular formula is C14H17Br2NO. The normalized spacial score (nSPS) is 19.9. The minimum Gasteiger partial charge on any atom is -0.336 e. The summed E-state index contributed by atoms with van der Waals surface area (Å²) in [4.78, 5) is 14.6. The highest BCUT2D eigenvalue weighted by Gasteiger charge is 2.26. The molecular weight excluding hydrogens is 358 g/mol. The van der Waals surface area contributed by atoms with E-state index in [1.54, 1.807) is 0 Å². The molecule has 0 radical (unpaired) electrons. The highest BCUT2D eigenvalue weighted by molar-refractivity contribution is 9.11. The maximum absolute atomic E-state index is 12.6. The molecule has 1 aromatic rings. The van der Waals surface area contributed by atoms with Crippen molar-refractivity contribution >= 4 is 37.8 Å². The van der Waals surface area contributed by atoms with Gasteiger partial charge in [0.2, 0.25) is 0 Å². The van der Waals surface area contributed by atoms with Crippen molar-refractivity contribution in [1.29, 1.82) is 0 Å². The zero-order valence-corrected chi connectivity index (χ0v) is 13.6. The number of carbonyl (C=O) groups excluding carboxylic acids is 1. The van der Waals surface area contributed by atoms with E-state index in [0.29, 0.717) is 6.04 Å². The van der Waals surface area contributed by atoms with Gasteiger partial charge in [0.25, 0.3) is 5.91 Å². The van der Waals surface area contributed by atoms with Crippen molar-refractivity contribution in [3.63, 3.8) is 0 Å². The molecule has 1 atom stereocenters. The van der Waals surface area contributed by atoms with Crippen LogP contribution in [-0.4, -0.2) is 23.4 Å². The van der Waals surface area contributed by atoms with Crippen molar-refractivity contribution < 1.29 is 4.79 Å². The van der Waals surface area contributed by atoms with Crippen molar-refractivity contribution in [3.05, 3.63) is 32.7 Å². The third kappa shape index (κ3) is 3.15. The fourth-order valence-corrected chi connectivity index (χ4v) is 3.83. The van der Waals surface area contributed by atoms with E-state index in [2.05, 4.69) is 38.8 Å². The number of halogens is 2. The van der Waals surface area contributed by atoms with Gasteiger partial charge >= 0.3 is 0 Å². The van der Waals surface area contributed by atoms with Crippen LogP contribution in [0.25, 0.3) is 0 Å². The molecule has 0 N–H and O–H groups in total. The van der Waals surface area contributed by atoms with Gasteiger partial charge in [-0.3, -0.25) is 4.79 Å². The first-order valence-corrected chi connectivity index (χ1v) is 7.97. The number of piperidine rings is 1. The second-order valence-corrected chi connectivity index (χ2v) is 6.55. The fraction of sp³-hybridized carbons (Fsp3) is 0.500. The van der Waals surface area contributed by atoms with Crippen molar-refractivity contribution in [2.75, 3.05) is 6.54 Å². The predicted octanol–water partition coefficient (Wildman–Crippen LogP) is 4.62. The molecule has 18 heavy (non-hydrogen) atoms. The molecule has 2 nitrogen and oxygen atoms in total. The first-order valence-electron chi connectivity index (χ1n) is 6.39. The van der Waals surface area contributed by atoms with Crippen LogP contribution < -0.4 is 0 Å². The SMILES string of the molecule is CCC1CCCCN1C(=O)c1cc(Br)cc(Br)c1. The van der Waals surface area contributed by atoms with E-state index < -0.39 is 0 Å². The van der Waals surface area contributed by atoms with Crippen molar-refractivity contribution in [2.45, 2.75) is 38.6 Å². The van der Waals surface area contributed by atoms with Gasteiger partial charge in [0.1, 0.15) is 0 Å². The number of amides is 1. The summed E-state index contributed by atoms with van der Waals surface area (Å²) in [6.07, 6.45) is 4.54. The lowest BCUT2D eigenvalue weighted by molar-refractivity contribution is 0.0608. The first kappa shape index (κ1) is 14.1. The molecule has 1 aromatic carbocycles. The Labute approximate surface area is 125 Å². The number of likely N-dealkylation sites (tertiary alicyclic amines) is 1. The monoisotopic (exact) mass is 373 g/mol. The molecule has 1 heterocycles. The number of benzene rings is 1. The van der Waals surface area contributed by atoms with E-state index >= 15 is 0 Å². The lowest BCUT2D eigenvalue weighted by atomic mass is 9.99. The van der Waals surface area contributed by atoms with Gasteiger partial charge in [0.15, 0.2) is 0 Å². The maximum Gasteiger partial charge on any atom is 0.254 e. The third-order valence-electron chi connectivity index (χ3n) is 3.47. The van der Waals surface area contributed by atoms with E-state index in [0.717, 1.165) is 40.3 Å². The Morgan fingerprint density at radius 3 is 2.56 bits per heavy atom. The van der Waals surface area contributed by atoms with Crippen LogP contribution in [0.3, 0.4) is 0 Å². The highest BCUT2D eigenvalue weighted by atomic mass is 79.9. The standard InChI is InChI=1S/C14H17Br2NO/c1-2-13-5-3-4-6-17(13)14(18)10-7-11(15)9-12(16)8-10/h7-9,13H,2-6H2,1H3. The predicted molar refractivity (Wildman–Crippen MR) is 80.8 cm³/mol. The summed E-state index contributed by atoms with van der Waals surface area (Å²) in [5.74, 6) is 0.156. The molecule has 4 heteroatoms. The van der Waals surface area contributed by atoms with Crippen LogP contribution in [0.15, 0.2) is 27.1 Å². The molecule has 0 bridgehead atoms. The van der Waals surface area contributed by atoms with E-state index in [9.17, 15) is 4.79 Å². The Balaban J connectivity index is 2.23. The summed E-state index contributed by atoms with van der Waals surface area (Å²) < 4.78 is 1.87. The molecule has 1 unspecified atom stereocenters. The summed E-state index contributed by atoms with van der Waals surface area (Å²) in [6, 6.07) is 6.15. The van der Waals surface area contributed by atoms with Gasteiger partial charge < -0.3 is 4.90 Å². The number of carbonyl (C=O) groups is 1. The molecule has 0 saturated carbocycles. The lowest BCUT2D eigenvalue weighted by Gasteiger charge is -2.35. The zero-order valence-electron chi connectivity index (χ0n) is 10.5.